The lowest BCUT2D eigenvalue weighted by molar-refractivity contribution is -0.129. The summed E-state index contributed by atoms with van der Waals surface area (Å²) in [6, 6.07) is 10.4. The lowest BCUT2D eigenvalue weighted by Gasteiger charge is -2.38. The number of ether oxygens (including phenoxy) is 1. The molecule has 2 amide bonds. The summed E-state index contributed by atoms with van der Waals surface area (Å²) in [5.74, 6) is -2.23. The molecule has 1 heterocycles. The molecule has 1 saturated heterocycles. The lowest BCUT2D eigenvalue weighted by Crippen LogP contribution is -2.55. The molecule has 0 unspecified atom stereocenters. The van der Waals surface area contributed by atoms with Crippen LogP contribution in [-0.2, 0) is 11.3 Å². The maximum atomic E-state index is 13.2. The number of nitrogens with zero attached hydrogens (tertiary/aromatic N) is 1. The Morgan fingerprint density at radius 2 is 1.92 bits per heavy atom. The minimum absolute atomic E-state index is 0.0686. The van der Waals surface area contributed by atoms with Gasteiger partial charge in [0.15, 0.2) is 11.6 Å². The number of benzene rings is 2. The summed E-state index contributed by atoms with van der Waals surface area (Å²) < 4.78 is 31.3. The molecule has 1 fully saturated rings. The predicted octanol–water partition coefficient (Wildman–Crippen LogP) is 2.36. The van der Waals surface area contributed by atoms with Gasteiger partial charge in [-0.1, -0.05) is 12.1 Å². The van der Waals surface area contributed by atoms with Gasteiger partial charge in [-0.2, -0.15) is 0 Å². The molecule has 7 heteroatoms. The van der Waals surface area contributed by atoms with Crippen molar-refractivity contribution in [2.24, 2.45) is 5.92 Å². The van der Waals surface area contributed by atoms with Gasteiger partial charge in [0.1, 0.15) is 5.75 Å². The van der Waals surface area contributed by atoms with Gasteiger partial charge in [-0.3, -0.25) is 9.59 Å². The average Bonchev–Trinajstić information content (AvgIpc) is 2.61. The molecule has 0 radical (unpaired) electrons. The van der Waals surface area contributed by atoms with Gasteiger partial charge >= 0.3 is 0 Å². The second-order valence-corrected chi connectivity index (χ2v) is 6.11. The predicted molar refractivity (Wildman–Crippen MR) is 90.6 cm³/mol. The van der Waals surface area contributed by atoms with E-state index in [2.05, 4.69) is 5.32 Å². The first-order valence-electron chi connectivity index (χ1n) is 8.13. The lowest BCUT2D eigenvalue weighted by atomic mass is 9.97. The number of nitrogens with one attached hydrogen (secondary N) is 1. The van der Waals surface area contributed by atoms with E-state index in [9.17, 15) is 18.4 Å². The Morgan fingerprint density at radius 3 is 2.62 bits per heavy atom. The Hall–Kier alpha value is -2.96. The molecular weight excluding hydrogens is 342 g/mol. The van der Waals surface area contributed by atoms with E-state index >= 15 is 0 Å². The maximum Gasteiger partial charge on any atom is 0.254 e. The molecule has 0 aromatic heterocycles. The monoisotopic (exact) mass is 360 g/mol. The number of hydrogen-bond acceptors (Lipinski definition) is 3. The van der Waals surface area contributed by atoms with Gasteiger partial charge in [-0.15, -0.1) is 0 Å². The highest BCUT2D eigenvalue weighted by Crippen LogP contribution is 2.20. The first kappa shape index (κ1) is 17.8. The van der Waals surface area contributed by atoms with Crippen molar-refractivity contribution in [3.05, 3.63) is 65.2 Å². The van der Waals surface area contributed by atoms with E-state index in [-0.39, 0.29) is 30.5 Å². The summed E-state index contributed by atoms with van der Waals surface area (Å²) in [4.78, 5) is 25.8. The van der Waals surface area contributed by atoms with Crippen molar-refractivity contribution in [3.63, 3.8) is 0 Å². The zero-order valence-corrected chi connectivity index (χ0v) is 14.2. The van der Waals surface area contributed by atoms with Crippen LogP contribution in [0.1, 0.15) is 15.9 Å². The van der Waals surface area contributed by atoms with Gasteiger partial charge in [0.05, 0.1) is 13.0 Å². The maximum absolute atomic E-state index is 13.2. The van der Waals surface area contributed by atoms with Crippen LogP contribution in [-0.4, -0.2) is 36.9 Å². The van der Waals surface area contributed by atoms with Crippen LogP contribution in [0.15, 0.2) is 42.5 Å². The van der Waals surface area contributed by atoms with E-state index in [0.717, 1.165) is 17.7 Å². The number of methoxy groups -OCH3 is 1. The number of rotatable bonds is 5. The molecule has 26 heavy (non-hydrogen) atoms. The van der Waals surface area contributed by atoms with E-state index in [1.165, 1.54) is 11.0 Å². The van der Waals surface area contributed by atoms with Crippen molar-refractivity contribution in [2.75, 3.05) is 20.2 Å². The third-order valence-electron chi connectivity index (χ3n) is 4.31. The second kappa shape index (κ2) is 7.51. The van der Waals surface area contributed by atoms with Gasteiger partial charge in [0.25, 0.3) is 5.91 Å². The highest BCUT2D eigenvalue weighted by atomic mass is 19.2. The number of carbonyl (C=O) groups is 2. The van der Waals surface area contributed by atoms with Crippen LogP contribution < -0.4 is 10.1 Å². The van der Waals surface area contributed by atoms with Gasteiger partial charge in [0.2, 0.25) is 5.91 Å². The number of halogens is 2. The van der Waals surface area contributed by atoms with Crippen molar-refractivity contribution < 1.29 is 23.1 Å². The van der Waals surface area contributed by atoms with Gasteiger partial charge in [0, 0.05) is 25.2 Å². The Morgan fingerprint density at radius 1 is 1.15 bits per heavy atom. The fourth-order valence-corrected chi connectivity index (χ4v) is 2.74. The van der Waals surface area contributed by atoms with Crippen molar-refractivity contribution in [2.45, 2.75) is 6.54 Å². The zero-order valence-electron chi connectivity index (χ0n) is 14.2. The largest absolute Gasteiger partial charge is 0.497 e. The van der Waals surface area contributed by atoms with E-state index in [0.29, 0.717) is 12.3 Å². The standard InChI is InChI=1S/C19H18F2N2O3/c1-26-15-4-2-3-12(7-15)9-22-18(24)14-10-23(11-14)19(25)13-5-6-16(20)17(21)8-13/h2-8,14H,9-11H2,1H3,(H,22,24). The molecule has 3 rings (SSSR count). The molecule has 0 saturated carbocycles. The number of hydrogen-bond donors (Lipinski definition) is 1. The summed E-state index contributed by atoms with van der Waals surface area (Å²) in [5.41, 5.74) is 0.978. The van der Waals surface area contributed by atoms with Crippen LogP contribution in [0.5, 0.6) is 5.75 Å². The van der Waals surface area contributed by atoms with Crippen molar-refractivity contribution in [1.82, 2.24) is 10.2 Å². The topological polar surface area (TPSA) is 58.6 Å². The van der Waals surface area contributed by atoms with Crippen LogP contribution in [0.25, 0.3) is 0 Å². The van der Waals surface area contributed by atoms with E-state index in [4.69, 9.17) is 4.74 Å². The number of carbonyl (C=O) groups excluding carboxylic acids is 2. The normalized spacial score (nSPS) is 13.9. The molecule has 136 valence electrons. The summed E-state index contributed by atoms with van der Waals surface area (Å²) >= 11 is 0. The molecule has 5 nitrogen and oxygen atoms in total. The molecule has 2 aromatic rings. The molecule has 1 aliphatic heterocycles. The first-order chi connectivity index (χ1) is 12.5. The molecular formula is C19H18F2N2O3. The molecule has 0 aliphatic carbocycles. The molecule has 1 aliphatic rings. The fourth-order valence-electron chi connectivity index (χ4n) is 2.74. The van der Waals surface area contributed by atoms with Crippen molar-refractivity contribution in [3.8, 4) is 5.75 Å². The summed E-state index contributed by atoms with van der Waals surface area (Å²) in [7, 11) is 1.57. The van der Waals surface area contributed by atoms with Crippen LogP contribution in [0.3, 0.4) is 0 Å². The summed E-state index contributed by atoms with van der Waals surface area (Å²) in [6.07, 6.45) is 0. The first-order valence-corrected chi connectivity index (χ1v) is 8.13. The van der Waals surface area contributed by atoms with E-state index < -0.39 is 17.5 Å². The molecule has 1 N–H and O–H groups in total. The molecule has 2 aromatic carbocycles. The Balaban J connectivity index is 1.50. The number of amides is 2. The third-order valence-corrected chi connectivity index (χ3v) is 4.31. The quantitative estimate of drug-likeness (QED) is 0.891. The summed E-state index contributed by atoms with van der Waals surface area (Å²) in [5, 5.41) is 2.83. The van der Waals surface area contributed by atoms with Gasteiger partial charge < -0.3 is 15.0 Å². The zero-order chi connectivity index (χ0) is 18.7. The second-order valence-electron chi connectivity index (χ2n) is 6.11. The Kier molecular flexibility index (Phi) is 5.16. The Labute approximate surface area is 149 Å². The molecule has 0 spiro atoms. The SMILES string of the molecule is COc1cccc(CNC(=O)C2CN(C(=O)c3ccc(F)c(F)c3)C2)c1. The number of likely N-dealkylation sites (tertiary alicyclic amines) is 1. The van der Waals surface area contributed by atoms with E-state index in [1.807, 2.05) is 24.3 Å². The van der Waals surface area contributed by atoms with E-state index in [1.54, 1.807) is 7.11 Å². The smallest absolute Gasteiger partial charge is 0.254 e. The minimum Gasteiger partial charge on any atom is -0.497 e. The minimum atomic E-state index is -1.07. The van der Waals surface area contributed by atoms with Crippen molar-refractivity contribution in [1.29, 1.82) is 0 Å². The average molecular weight is 360 g/mol. The van der Waals surface area contributed by atoms with Crippen LogP contribution in [0.2, 0.25) is 0 Å². The van der Waals surface area contributed by atoms with Crippen LogP contribution in [0, 0.1) is 17.6 Å². The highest BCUT2D eigenvalue weighted by molar-refractivity contribution is 5.96. The molecule has 0 atom stereocenters. The van der Waals surface area contributed by atoms with Crippen molar-refractivity contribution >= 4 is 11.8 Å². The van der Waals surface area contributed by atoms with Gasteiger partial charge in [-0.05, 0) is 35.9 Å². The molecule has 0 bridgehead atoms. The fraction of sp³-hybridized carbons (Fsp3) is 0.263. The summed E-state index contributed by atoms with van der Waals surface area (Å²) in [6.45, 7) is 0.868. The third kappa shape index (κ3) is 3.82. The Bertz CT molecular complexity index is 835. The van der Waals surface area contributed by atoms with Crippen LogP contribution >= 0.6 is 0 Å². The highest BCUT2D eigenvalue weighted by Gasteiger charge is 2.36. The van der Waals surface area contributed by atoms with Gasteiger partial charge in [-0.25, -0.2) is 8.78 Å². The van der Waals surface area contributed by atoms with Crippen LogP contribution in [0.4, 0.5) is 8.78 Å².